The average Bonchev–Trinajstić information content (AvgIpc) is 2.36. The van der Waals surface area contributed by atoms with Crippen LogP contribution < -0.4 is 15.0 Å². The average molecular weight is 252 g/mol. The number of hydrogen-bond acceptors (Lipinski definition) is 3. The Morgan fingerprint density at radius 2 is 2.22 bits per heavy atom. The van der Waals surface area contributed by atoms with E-state index in [0.29, 0.717) is 11.8 Å². The van der Waals surface area contributed by atoms with E-state index in [2.05, 4.69) is 17.1 Å². The number of anilines is 1. The fraction of sp³-hybridized carbons (Fsp3) is 0.571. The van der Waals surface area contributed by atoms with Crippen molar-refractivity contribution in [2.45, 2.75) is 25.8 Å². The van der Waals surface area contributed by atoms with Gasteiger partial charge in [0.2, 0.25) is 0 Å². The number of nitrogens with one attached hydrogen (secondary N) is 1. The molecule has 0 amide bonds. The zero-order valence-electron chi connectivity index (χ0n) is 11.1. The van der Waals surface area contributed by atoms with Crippen LogP contribution in [0.3, 0.4) is 0 Å². The van der Waals surface area contributed by atoms with Crippen molar-refractivity contribution in [3.8, 4) is 5.75 Å². The first-order chi connectivity index (χ1) is 8.70. The molecule has 1 aromatic carbocycles. The molecule has 4 heteroatoms. The van der Waals surface area contributed by atoms with Gasteiger partial charge in [-0.25, -0.2) is 4.39 Å². The van der Waals surface area contributed by atoms with E-state index in [1.165, 1.54) is 13.2 Å². The lowest BCUT2D eigenvalue weighted by Crippen LogP contribution is -2.38. The minimum atomic E-state index is -0.302. The van der Waals surface area contributed by atoms with Crippen LogP contribution in [0.15, 0.2) is 18.2 Å². The molecule has 1 aliphatic rings. The zero-order chi connectivity index (χ0) is 13.0. The summed E-state index contributed by atoms with van der Waals surface area (Å²) >= 11 is 0. The molecule has 0 radical (unpaired) electrons. The standard InChI is InChI=1S/C14H21FN2O/c1-11-6-9-17(8-3-7-16-11)12-4-5-13(15)14(10-12)18-2/h4-5,10-11,16H,3,6-9H2,1-2H3. The van der Waals surface area contributed by atoms with E-state index in [4.69, 9.17) is 4.74 Å². The van der Waals surface area contributed by atoms with Crippen LogP contribution in [-0.2, 0) is 0 Å². The highest BCUT2D eigenvalue weighted by molar-refractivity contribution is 5.51. The van der Waals surface area contributed by atoms with Gasteiger partial charge in [-0.1, -0.05) is 0 Å². The van der Waals surface area contributed by atoms with Crippen LogP contribution in [0.5, 0.6) is 5.75 Å². The maximum Gasteiger partial charge on any atom is 0.165 e. The summed E-state index contributed by atoms with van der Waals surface area (Å²) in [5.41, 5.74) is 1.04. The van der Waals surface area contributed by atoms with Crippen molar-refractivity contribution in [2.75, 3.05) is 31.6 Å². The lowest BCUT2D eigenvalue weighted by atomic mass is 10.1. The molecule has 1 fully saturated rings. The summed E-state index contributed by atoms with van der Waals surface area (Å²) in [6.07, 6.45) is 2.20. The summed E-state index contributed by atoms with van der Waals surface area (Å²) in [6.45, 7) is 5.22. The van der Waals surface area contributed by atoms with Crippen molar-refractivity contribution >= 4 is 5.69 Å². The molecular formula is C14H21FN2O. The Labute approximate surface area is 108 Å². The maximum absolute atomic E-state index is 13.4. The molecule has 3 nitrogen and oxygen atoms in total. The molecular weight excluding hydrogens is 231 g/mol. The van der Waals surface area contributed by atoms with Gasteiger partial charge in [0.25, 0.3) is 0 Å². The molecule has 0 aliphatic carbocycles. The van der Waals surface area contributed by atoms with Crippen LogP contribution in [0.4, 0.5) is 10.1 Å². The van der Waals surface area contributed by atoms with Gasteiger partial charge in [-0.05, 0) is 38.4 Å². The smallest absolute Gasteiger partial charge is 0.165 e. The molecule has 0 spiro atoms. The van der Waals surface area contributed by atoms with Crippen molar-refractivity contribution in [3.63, 3.8) is 0 Å². The Kier molecular flexibility index (Phi) is 4.42. The Morgan fingerprint density at radius 1 is 1.39 bits per heavy atom. The minimum absolute atomic E-state index is 0.302. The number of methoxy groups -OCH3 is 1. The fourth-order valence-corrected chi connectivity index (χ4v) is 2.29. The van der Waals surface area contributed by atoms with Crippen LogP contribution in [-0.4, -0.2) is 32.8 Å². The van der Waals surface area contributed by atoms with E-state index >= 15 is 0 Å². The molecule has 1 saturated heterocycles. The largest absolute Gasteiger partial charge is 0.494 e. The highest BCUT2D eigenvalue weighted by Gasteiger charge is 2.14. The summed E-state index contributed by atoms with van der Waals surface area (Å²) in [5.74, 6) is 0.0176. The molecule has 1 aliphatic heterocycles. The van der Waals surface area contributed by atoms with Crippen molar-refractivity contribution in [1.29, 1.82) is 0 Å². The molecule has 0 saturated carbocycles. The van der Waals surface area contributed by atoms with Crippen LogP contribution in [0.1, 0.15) is 19.8 Å². The summed E-state index contributed by atoms with van der Waals surface area (Å²) in [6, 6.07) is 5.64. The van der Waals surface area contributed by atoms with Crippen molar-refractivity contribution in [1.82, 2.24) is 5.32 Å². The van der Waals surface area contributed by atoms with E-state index in [1.54, 1.807) is 6.07 Å². The summed E-state index contributed by atoms with van der Waals surface area (Å²) in [7, 11) is 1.50. The van der Waals surface area contributed by atoms with Crippen LogP contribution in [0.25, 0.3) is 0 Å². The van der Waals surface area contributed by atoms with Gasteiger partial charge in [-0.2, -0.15) is 0 Å². The van der Waals surface area contributed by atoms with Gasteiger partial charge in [-0.3, -0.25) is 0 Å². The van der Waals surface area contributed by atoms with E-state index in [-0.39, 0.29) is 5.82 Å². The second-order valence-electron chi connectivity index (χ2n) is 4.80. The topological polar surface area (TPSA) is 24.5 Å². The number of hydrogen-bond donors (Lipinski definition) is 1. The number of benzene rings is 1. The molecule has 1 N–H and O–H groups in total. The quantitative estimate of drug-likeness (QED) is 0.875. The first kappa shape index (κ1) is 13.1. The first-order valence-corrected chi connectivity index (χ1v) is 6.52. The third-order valence-corrected chi connectivity index (χ3v) is 3.43. The predicted octanol–water partition coefficient (Wildman–Crippen LogP) is 2.41. The Hall–Kier alpha value is -1.29. The van der Waals surface area contributed by atoms with E-state index in [0.717, 1.165) is 38.2 Å². The molecule has 18 heavy (non-hydrogen) atoms. The van der Waals surface area contributed by atoms with Gasteiger partial charge in [0.15, 0.2) is 11.6 Å². The molecule has 1 aromatic rings. The highest BCUT2D eigenvalue weighted by atomic mass is 19.1. The highest BCUT2D eigenvalue weighted by Crippen LogP contribution is 2.25. The molecule has 0 bridgehead atoms. The van der Waals surface area contributed by atoms with Gasteiger partial charge in [0.05, 0.1) is 7.11 Å². The van der Waals surface area contributed by atoms with Gasteiger partial charge in [0, 0.05) is 30.9 Å². The number of halogens is 1. The van der Waals surface area contributed by atoms with Crippen molar-refractivity contribution in [3.05, 3.63) is 24.0 Å². The molecule has 1 atom stereocenters. The maximum atomic E-state index is 13.4. The van der Waals surface area contributed by atoms with Crippen LogP contribution >= 0.6 is 0 Å². The summed E-state index contributed by atoms with van der Waals surface area (Å²) in [5, 5.41) is 3.48. The van der Waals surface area contributed by atoms with Crippen molar-refractivity contribution in [2.24, 2.45) is 0 Å². The summed E-state index contributed by atoms with van der Waals surface area (Å²) < 4.78 is 18.4. The lowest BCUT2D eigenvalue weighted by molar-refractivity contribution is 0.386. The van der Waals surface area contributed by atoms with Gasteiger partial charge in [0.1, 0.15) is 0 Å². The number of ether oxygens (including phenoxy) is 1. The van der Waals surface area contributed by atoms with E-state index < -0.39 is 0 Å². The third-order valence-electron chi connectivity index (χ3n) is 3.43. The fourth-order valence-electron chi connectivity index (χ4n) is 2.29. The summed E-state index contributed by atoms with van der Waals surface area (Å²) in [4.78, 5) is 2.30. The van der Waals surface area contributed by atoms with Gasteiger partial charge >= 0.3 is 0 Å². The van der Waals surface area contributed by atoms with E-state index in [9.17, 15) is 4.39 Å². The number of rotatable bonds is 2. The van der Waals surface area contributed by atoms with Gasteiger partial charge in [-0.15, -0.1) is 0 Å². The normalized spacial score (nSPS) is 21.3. The van der Waals surface area contributed by atoms with Crippen molar-refractivity contribution < 1.29 is 9.13 Å². The second-order valence-corrected chi connectivity index (χ2v) is 4.80. The zero-order valence-corrected chi connectivity index (χ0v) is 11.1. The molecule has 2 rings (SSSR count). The van der Waals surface area contributed by atoms with E-state index in [1.807, 2.05) is 6.07 Å². The minimum Gasteiger partial charge on any atom is -0.494 e. The SMILES string of the molecule is COc1cc(N2CCCNC(C)CC2)ccc1F. The Morgan fingerprint density at radius 3 is 3.00 bits per heavy atom. The predicted molar refractivity (Wildman–Crippen MR) is 71.9 cm³/mol. The Bertz CT molecular complexity index is 397. The second kappa shape index (κ2) is 6.05. The lowest BCUT2D eigenvalue weighted by Gasteiger charge is -2.29. The monoisotopic (exact) mass is 252 g/mol. The molecule has 0 aromatic heterocycles. The van der Waals surface area contributed by atoms with Gasteiger partial charge < -0.3 is 15.0 Å². The third kappa shape index (κ3) is 3.13. The number of nitrogens with zero attached hydrogens (tertiary/aromatic N) is 1. The molecule has 100 valence electrons. The first-order valence-electron chi connectivity index (χ1n) is 6.52. The molecule has 1 heterocycles. The van der Waals surface area contributed by atoms with Crippen LogP contribution in [0, 0.1) is 5.82 Å². The van der Waals surface area contributed by atoms with Crippen LogP contribution in [0.2, 0.25) is 0 Å². The Balaban J connectivity index is 2.13. The molecule has 1 unspecified atom stereocenters.